The molecule has 0 aliphatic carbocycles. The second-order valence-corrected chi connectivity index (χ2v) is 5.54. The summed E-state index contributed by atoms with van der Waals surface area (Å²) in [5.74, 6) is 1.34. The van der Waals surface area contributed by atoms with Crippen molar-refractivity contribution in [2.75, 3.05) is 6.54 Å². The summed E-state index contributed by atoms with van der Waals surface area (Å²) in [6, 6.07) is 20.6. The van der Waals surface area contributed by atoms with Crippen molar-refractivity contribution in [3.63, 3.8) is 0 Å². The predicted molar refractivity (Wildman–Crippen MR) is 89.8 cm³/mol. The van der Waals surface area contributed by atoms with Gasteiger partial charge in [-0.25, -0.2) is 0 Å². The molecule has 0 spiro atoms. The molecule has 118 valence electrons. The van der Waals surface area contributed by atoms with Crippen molar-refractivity contribution in [3.8, 4) is 0 Å². The zero-order valence-electron chi connectivity index (χ0n) is 13.4. The number of hydrogen-bond acceptors (Lipinski definition) is 4. The number of hydrogen-bond donors (Lipinski definition) is 0. The van der Waals surface area contributed by atoms with Crippen LogP contribution in [0.15, 0.2) is 65.1 Å². The van der Waals surface area contributed by atoms with Crippen LogP contribution in [-0.4, -0.2) is 21.6 Å². The molecule has 0 atom stereocenters. The van der Waals surface area contributed by atoms with Crippen LogP contribution < -0.4 is 0 Å². The predicted octanol–water partition coefficient (Wildman–Crippen LogP) is 3.68. The van der Waals surface area contributed by atoms with Crippen LogP contribution in [0.4, 0.5) is 0 Å². The van der Waals surface area contributed by atoms with E-state index in [1.807, 2.05) is 24.3 Å². The minimum Gasteiger partial charge on any atom is -0.424 e. The van der Waals surface area contributed by atoms with E-state index in [1.54, 1.807) is 0 Å². The third kappa shape index (κ3) is 4.50. The summed E-state index contributed by atoms with van der Waals surface area (Å²) in [7, 11) is 0. The van der Waals surface area contributed by atoms with Gasteiger partial charge in [0.25, 0.3) is 0 Å². The maximum Gasteiger partial charge on any atom is 0.230 e. The Morgan fingerprint density at radius 1 is 0.783 bits per heavy atom. The Balaban J connectivity index is 1.61. The lowest BCUT2D eigenvalue weighted by Crippen LogP contribution is -2.22. The third-order valence-corrected chi connectivity index (χ3v) is 3.76. The zero-order chi connectivity index (χ0) is 15.9. The molecule has 0 saturated heterocycles. The van der Waals surface area contributed by atoms with Gasteiger partial charge in [0.05, 0.1) is 13.0 Å². The minimum absolute atomic E-state index is 0.668. The molecule has 0 aliphatic heterocycles. The largest absolute Gasteiger partial charge is 0.424 e. The summed E-state index contributed by atoms with van der Waals surface area (Å²) in [5.41, 5.74) is 2.47. The first kappa shape index (κ1) is 15.4. The molecule has 0 unspecified atom stereocenters. The molecule has 0 radical (unpaired) electrons. The number of aromatic nitrogens is 2. The molecule has 4 nitrogen and oxygen atoms in total. The van der Waals surface area contributed by atoms with E-state index in [9.17, 15) is 0 Å². The molecular formula is C19H21N3O. The Morgan fingerprint density at radius 3 is 2.04 bits per heavy atom. The average Bonchev–Trinajstić information content (AvgIpc) is 3.03. The highest BCUT2D eigenvalue weighted by atomic mass is 16.4. The first-order valence-corrected chi connectivity index (χ1v) is 7.95. The van der Waals surface area contributed by atoms with Gasteiger partial charge in [0.15, 0.2) is 0 Å². The lowest BCUT2D eigenvalue weighted by molar-refractivity contribution is 0.240. The molecule has 3 rings (SSSR count). The van der Waals surface area contributed by atoms with Gasteiger partial charge in [-0.3, -0.25) is 4.90 Å². The van der Waals surface area contributed by atoms with E-state index in [1.165, 1.54) is 11.1 Å². The second-order valence-electron chi connectivity index (χ2n) is 5.54. The quantitative estimate of drug-likeness (QED) is 0.668. The Kier molecular flexibility index (Phi) is 5.17. The molecule has 0 saturated carbocycles. The third-order valence-electron chi connectivity index (χ3n) is 3.76. The first-order valence-electron chi connectivity index (χ1n) is 7.95. The molecule has 0 fully saturated rings. The molecule has 4 heteroatoms. The van der Waals surface area contributed by atoms with E-state index in [2.05, 4.69) is 58.4 Å². The van der Waals surface area contributed by atoms with E-state index >= 15 is 0 Å². The monoisotopic (exact) mass is 307 g/mol. The minimum atomic E-state index is 0.668. The van der Waals surface area contributed by atoms with Crippen LogP contribution in [0.25, 0.3) is 0 Å². The van der Waals surface area contributed by atoms with Crippen LogP contribution in [0, 0.1) is 0 Å². The number of benzene rings is 2. The molecule has 1 aromatic heterocycles. The van der Waals surface area contributed by atoms with Crippen LogP contribution in [0.3, 0.4) is 0 Å². The smallest absolute Gasteiger partial charge is 0.230 e. The number of rotatable bonds is 7. The highest BCUT2D eigenvalue weighted by Gasteiger charge is 2.11. The summed E-state index contributed by atoms with van der Waals surface area (Å²) in [6.07, 6.45) is 0.679. The summed E-state index contributed by atoms with van der Waals surface area (Å²) < 4.78 is 5.79. The maximum absolute atomic E-state index is 5.79. The van der Waals surface area contributed by atoms with Gasteiger partial charge >= 0.3 is 0 Å². The summed E-state index contributed by atoms with van der Waals surface area (Å²) in [4.78, 5) is 2.29. The fourth-order valence-corrected chi connectivity index (χ4v) is 2.51. The van der Waals surface area contributed by atoms with Crippen LogP contribution >= 0.6 is 0 Å². The Hall–Kier alpha value is -2.46. The van der Waals surface area contributed by atoms with Crippen LogP contribution in [0.1, 0.15) is 29.8 Å². The Morgan fingerprint density at radius 2 is 1.39 bits per heavy atom. The van der Waals surface area contributed by atoms with Crippen LogP contribution in [0.5, 0.6) is 0 Å². The lowest BCUT2D eigenvalue weighted by atomic mass is 10.2. The van der Waals surface area contributed by atoms with E-state index in [0.717, 1.165) is 13.1 Å². The second kappa shape index (κ2) is 7.70. The standard InChI is InChI=1S/C19H21N3O/c1-2-22(14-17-11-7-4-8-12-17)15-19-21-20-18(23-19)13-16-9-5-3-6-10-16/h3-12H,2,13-15H2,1H3. The SMILES string of the molecule is CCN(Cc1ccccc1)Cc1nnc(Cc2ccccc2)o1. The molecule has 0 bridgehead atoms. The van der Waals surface area contributed by atoms with Crippen molar-refractivity contribution in [2.45, 2.75) is 26.4 Å². The van der Waals surface area contributed by atoms with Gasteiger partial charge in [-0.05, 0) is 17.7 Å². The van der Waals surface area contributed by atoms with Crippen LogP contribution in [-0.2, 0) is 19.5 Å². The molecule has 23 heavy (non-hydrogen) atoms. The van der Waals surface area contributed by atoms with E-state index < -0.39 is 0 Å². The Labute approximate surface area is 136 Å². The highest BCUT2D eigenvalue weighted by molar-refractivity contribution is 5.18. The molecule has 0 N–H and O–H groups in total. The zero-order valence-corrected chi connectivity index (χ0v) is 13.4. The van der Waals surface area contributed by atoms with E-state index in [0.29, 0.717) is 24.7 Å². The molecule has 1 heterocycles. The average molecular weight is 307 g/mol. The fourth-order valence-electron chi connectivity index (χ4n) is 2.51. The van der Waals surface area contributed by atoms with E-state index in [-0.39, 0.29) is 0 Å². The van der Waals surface area contributed by atoms with Crippen molar-refractivity contribution in [2.24, 2.45) is 0 Å². The van der Waals surface area contributed by atoms with Crippen molar-refractivity contribution < 1.29 is 4.42 Å². The highest BCUT2D eigenvalue weighted by Crippen LogP contribution is 2.11. The molecular weight excluding hydrogens is 286 g/mol. The van der Waals surface area contributed by atoms with Crippen molar-refractivity contribution in [1.82, 2.24) is 15.1 Å². The lowest BCUT2D eigenvalue weighted by Gasteiger charge is -2.18. The van der Waals surface area contributed by atoms with Gasteiger partial charge < -0.3 is 4.42 Å². The molecule has 0 aliphatic rings. The maximum atomic E-state index is 5.79. The summed E-state index contributed by atoms with van der Waals surface area (Å²) in [5, 5.41) is 8.35. The fraction of sp³-hybridized carbons (Fsp3) is 0.263. The van der Waals surface area contributed by atoms with E-state index in [4.69, 9.17) is 4.42 Å². The van der Waals surface area contributed by atoms with Gasteiger partial charge in [0.2, 0.25) is 11.8 Å². The van der Waals surface area contributed by atoms with Crippen molar-refractivity contribution >= 4 is 0 Å². The topological polar surface area (TPSA) is 42.2 Å². The van der Waals surface area contributed by atoms with Crippen molar-refractivity contribution in [1.29, 1.82) is 0 Å². The first-order chi connectivity index (χ1) is 11.3. The van der Waals surface area contributed by atoms with Crippen LogP contribution in [0.2, 0.25) is 0 Å². The van der Waals surface area contributed by atoms with Gasteiger partial charge in [0, 0.05) is 6.54 Å². The van der Waals surface area contributed by atoms with Gasteiger partial charge in [-0.1, -0.05) is 67.6 Å². The molecule has 0 amide bonds. The summed E-state index contributed by atoms with van der Waals surface area (Å²) >= 11 is 0. The van der Waals surface area contributed by atoms with Gasteiger partial charge in [0.1, 0.15) is 0 Å². The normalized spacial score (nSPS) is 11.0. The molecule has 2 aromatic carbocycles. The Bertz CT molecular complexity index is 710. The number of nitrogens with zero attached hydrogens (tertiary/aromatic N) is 3. The molecule has 3 aromatic rings. The van der Waals surface area contributed by atoms with Gasteiger partial charge in [-0.2, -0.15) is 0 Å². The summed E-state index contributed by atoms with van der Waals surface area (Å²) in [6.45, 7) is 4.64. The van der Waals surface area contributed by atoms with Gasteiger partial charge in [-0.15, -0.1) is 10.2 Å². The van der Waals surface area contributed by atoms with Crippen molar-refractivity contribution in [3.05, 3.63) is 83.6 Å².